The van der Waals surface area contributed by atoms with Gasteiger partial charge in [0.2, 0.25) is 5.91 Å². The number of carboxylic acid groups (broad SMARTS) is 1. The molecule has 2 aromatic carbocycles. The van der Waals surface area contributed by atoms with Crippen LogP contribution in [0.25, 0.3) is 0 Å². The molecule has 0 bridgehead atoms. The van der Waals surface area contributed by atoms with Gasteiger partial charge in [0.15, 0.2) is 0 Å². The Balaban J connectivity index is 1.96. The van der Waals surface area contributed by atoms with E-state index in [1.165, 1.54) is 11.0 Å². The molecule has 206 valence electrons. The molecule has 0 fully saturated rings. The topological polar surface area (TPSA) is 116 Å². The number of carbonyl (C=O) groups is 3. The molecule has 3 N–H and O–H groups in total. The fourth-order valence-corrected chi connectivity index (χ4v) is 4.47. The first-order chi connectivity index (χ1) is 17.8. The van der Waals surface area contributed by atoms with Crippen molar-refractivity contribution in [3.05, 3.63) is 58.4 Å². The summed E-state index contributed by atoms with van der Waals surface area (Å²) in [5.41, 5.74) is 0.202. The van der Waals surface area contributed by atoms with E-state index in [-0.39, 0.29) is 31.2 Å². The second-order valence-electron chi connectivity index (χ2n) is 10.6. The van der Waals surface area contributed by atoms with Gasteiger partial charge in [-0.25, -0.2) is 9.18 Å². The van der Waals surface area contributed by atoms with Gasteiger partial charge >= 0.3 is 5.97 Å². The molecule has 10 heteroatoms. The molecule has 0 aromatic heterocycles. The Bertz CT molecular complexity index is 1200. The number of nitrogens with one attached hydrogen (secondary N) is 1. The van der Waals surface area contributed by atoms with Gasteiger partial charge in [0.25, 0.3) is 5.91 Å². The summed E-state index contributed by atoms with van der Waals surface area (Å²) in [5, 5.41) is 22.1. The van der Waals surface area contributed by atoms with E-state index < -0.39 is 46.8 Å². The first-order valence-electron chi connectivity index (χ1n) is 12.5. The van der Waals surface area contributed by atoms with Crippen LogP contribution in [0.5, 0.6) is 0 Å². The Morgan fingerprint density at radius 2 is 1.92 bits per heavy atom. The molecule has 0 saturated heterocycles. The maximum absolute atomic E-state index is 13.8. The van der Waals surface area contributed by atoms with E-state index in [0.29, 0.717) is 17.1 Å². The fraction of sp³-hybridized carbons (Fsp3) is 0.464. The second kappa shape index (κ2) is 12.2. The third-order valence-corrected chi connectivity index (χ3v) is 6.91. The van der Waals surface area contributed by atoms with E-state index in [1.54, 1.807) is 18.2 Å². The number of nitrogens with zero attached hydrogens (tertiary/aromatic N) is 1. The van der Waals surface area contributed by atoms with Gasteiger partial charge in [0.05, 0.1) is 18.1 Å². The third-order valence-electron chi connectivity index (χ3n) is 6.68. The summed E-state index contributed by atoms with van der Waals surface area (Å²) in [7, 11) is 0. The molecule has 8 nitrogen and oxygen atoms in total. The lowest BCUT2D eigenvalue weighted by Gasteiger charge is -2.32. The van der Waals surface area contributed by atoms with Gasteiger partial charge in [0.1, 0.15) is 11.9 Å². The van der Waals surface area contributed by atoms with Gasteiger partial charge in [-0.3, -0.25) is 9.59 Å². The van der Waals surface area contributed by atoms with E-state index >= 15 is 0 Å². The average molecular weight is 549 g/mol. The smallest absolute Gasteiger partial charge is 0.338 e. The Hall–Kier alpha value is -3.01. The van der Waals surface area contributed by atoms with Crippen LogP contribution in [0.4, 0.5) is 15.8 Å². The first-order valence-corrected chi connectivity index (χ1v) is 12.9. The van der Waals surface area contributed by atoms with E-state index in [1.807, 2.05) is 13.8 Å². The summed E-state index contributed by atoms with van der Waals surface area (Å²) in [6.45, 7) is 7.79. The molecule has 3 atom stereocenters. The molecule has 0 saturated carbocycles. The van der Waals surface area contributed by atoms with Crippen molar-refractivity contribution in [2.24, 2.45) is 11.3 Å². The van der Waals surface area contributed by atoms with Crippen molar-refractivity contribution in [3.63, 3.8) is 0 Å². The fourth-order valence-electron chi connectivity index (χ4n) is 4.29. The third kappa shape index (κ3) is 7.09. The number of carbonyl (C=O) groups excluding carboxylic acids is 2. The summed E-state index contributed by atoms with van der Waals surface area (Å²) < 4.78 is 20.1. The zero-order chi connectivity index (χ0) is 28.2. The van der Waals surface area contributed by atoms with Gasteiger partial charge in [0, 0.05) is 40.5 Å². The number of carboxylic acids is 1. The largest absolute Gasteiger partial charge is 0.478 e. The number of benzene rings is 2. The Morgan fingerprint density at radius 1 is 1.21 bits per heavy atom. The number of halogens is 2. The van der Waals surface area contributed by atoms with Crippen LogP contribution in [-0.4, -0.2) is 47.3 Å². The molecule has 1 aliphatic rings. The normalized spacial score (nSPS) is 18.5. The molecule has 2 aromatic rings. The van der Waals surface area contributed by atoms with Crippen LogP contribution in [0.15, 0.2) is 36.4 Å². The van der Waals surface area contributed by atoms with Crippen LogP contribution in [0.3, 0.4) is 0 Å². The number of fused-ring (bicyclic) bond motifs is 1. The van der Waals surface area contributed by atoms with Crippen LogP contribution < -0.4 is 10.2 Å². The number of aromatic carboxylic acids is 1. The van der Waals surface area contributed by atoms with Crippen LogP contribution in [0, 0.1) is 17.2 Å². The molecule has 38 heavy (non-hydrogen) atoms. The number of hydrogen-bond acceptors (Lipinski definition) is 5. The monoisotopic (exact) mass is 548 g/mol. The lowest BCUT2D eigenvalue weighted by Crippen LogP contribution is -2.46. The van der Waals surface area contributed by atoms with E-state index in [2.05, 4.69) is 19.2 Å². The molecule has 1 heterocycles. The van der Waals surface area contributed by atoms with Gasteiger partial charge in [-0.15, -0.1) is 0 Å². The molecule has 1 aliphatic heterocycles. The quantitative estimate of drug-likeness (QED) is 0.364. The molecule has 0 spiro atoms. The number of aliphatic hydroxyl groups excluding tert-OH is 1. The maximum Gasteiger partial charge on any atom is 0.338 e. The molecule has 3 rings (SSSR count). The average Bonchev–Trinajstić information content (AvgIpc) is 2.95. The van der Waals surface area contributed by atoms with Crippen molar-refractivity contribution in [1.82, 2.24) is 0 Å². The second-order valence-corrected chi connectivity index (χ2v) is 11.0. The molecule has 0 aliphatic carbocycles. The maximum atomic E-state index is 13.8. The minimum absolute atomic E-state index is 0.0827. The van der Waals surface area contributed by atoms with Gasteiger partial charge in [-0.1, -0.05) is 45.7 Å². The number of amides is 2. The summed E-state index contributed by atoms with van der Waals surface area (Å²) in [4.78, 5) is 39.6. The summed E-state index contributed by atoms with van der Waals surface area (Å²) in [6.07, 6.45) is -0.567. The zero-order valence-corrected chi connectivity index (χ0v) is 22.7. The molecular weight excluding hydrogens is 515 g/mol. The van der Waals surface area contributed by atoms with Crippen LogP contribution >= 0.6 is 11.6 Å². The van der Waals surface area contributed by atoms with Crippen molar-refractivity contribution in [2.45, 2.75) is 59.2 Å². The van der Waals surface area contributed by atoms with Crippen LogP contribution in [0.1, 0.15) is 69.0 Å². The van der Waals surface area contributed by atoms with Crippen molar-refractivity contribution in [3.8, 4) is 0 Å². The highest BCUT2D eigenvalue weighted by molar-refractivity contribution is 6.30. The number of rotatable bonds is 10. The summed E-state index contributed by atoms with van der Waals surface area (Å²) in [6, 6.07) is 8.43. The van der Waals surface area contributed by atoms with E-state index in [9.17, 15) is 29.0 Å². The lowest BCUT2D eigenvalue weighted by molar-refractivity contribution is -0.138. The van der Waals surface area contributed by atoms with Gasteiger partial charge in [-0.2, -0.15) is 0 Å². The predicted octanol–water partition coefficient (Wildman–Crippen LogP) is 5.43. The lowest BCUT2D eigenvalue weighted by atomic mass is 9.92. The SMILES string of the molecule is CCC(C)C[C@@H]1O[C@H](CC(=O)Nc2ccc(F)c(C(=O)O)c2)C(=O)N(CC(C)(C)CO)c2ccc(Cl)cc21. The van der Waals surface area contributed by atoms with Crippen molar-refractivity contribution in [2.75, 3.05) is 23.4 Å². The highest BCUT2D eigenvalue weighted by atomic mass is 35.5. The summed E-state index contributed by atoms with van der Waals surface area (Å²) in [5.74, 6) is -3.18. The van der Waals surface area contributed by atoms with E-state index in [0.717, 1.165) is 24.1 Å². The Labute approximate surface area is 226 Å². The summed E-state index contributed by atoms with van der Waals surface area (Å²) >= 11 is 6.34. The predicted molar refractivity (Wildman–Crippen MR) is 143 cm³/mol. The number of aliphatic hydroxyl groups is 1. The number of hydrogen-bond donors (Lipinski definition) is 3. The van der Waals surface area contributed by atoms with E-state index in [4.69, 9.17) is 16.3 Å². The standard InChI is InChI=1S/C28H34ClFN2O6/c1-5-16(2)10-23-20-11-17(29)6-9-22(20)32(14-28(3,4)15-33)26(35)24(38-23)13-25(34)31-18-7-8-21(30)19(12-18)27(36)37/h6-9,11-12,16,23-24,33H,5,10,13-15H2,1-4H3,(H,31,34)(H,36,37)/t16?,23-,24+/m0/s1. The Morgan fingerprint density at radius 3 is 2.55 bits per heavy atom. The minimum atomic E-state index is -1.47. The number of anilines is 2. The molecule has 2 amide bonds. The van der Waals surface area contributed by atoms with Crippen LogP contribution in [-0.2, 0) is 14.3 Å². The van der Waals surface area contributed by atoms with Gasteiger partial charge < -0.3 is 25.2 Å². The molecular formula is C28H34ClFN2O6. The van der Waals surface area contributed by atoms with Crippen molar-refractivity contribution in [1.29, 1.82) is 0 Å². The molecule has 1 unspecified atom stereocenters. The zero-order valence-electron chi connectivity index (χ0n) is 22.0. The first kappa shape index (κ1) is 29.5. The van der Waals surface area contributed by atoms with Crippen molar-refractivity contribution >= 4 is 40.8 Å². The highest BCUT2D eigenvalue weighted by Crippen LogP contribution is 2.41. The van der Waals surface area contributed by atoms with Crippen molar-refractivity contribution < 1.29 is 33.7 Å². The van der Waals surface area contributed by atoms with Crippen LogP contribution in [0.2, 0.25) is 5.02 Å². The van der Waals surface area contributed by atoms with Gasteiger partial charge in [-0.05, 0) is 48.7 Å². The Kier molecular flexibility index (Phi) is 9.51. The minimum Gasteiger partial charge on any atom is -0.478 e. The highest BCUT2D eigenvalue weighted by Gasteiger charge is 2.39. The number of ether oxygens (including phenoxy) is 1. The molecule has 0 radical (unpaired) electrons.